The summed E-state index contributed by atoms with van der Waals surface area (Å²) in [5, 5.41) is 14.6. The third-order valence-electron chi connectivity index (χ3n) is 10.6. The predicted octanol–water partition coefficient (Wildman–Crippen LogP) is 2.69. The molecule has 68 heavy (non-hydrogen) atoms. The molecular weight excluding hydrogens is 945 g/mol. The molecule has 0 bridgehead atoms. The number of carbonyl (C=O) groups is 9. The van der Waals surface area contributed by atoms with Gasteiger partial charge in [-0.2, -0.15) is 0 Å². The maximum atomic E-state index is 14.8. The Labute approximate surface area is 400 Å². The molecule has 0 spiro atoms. The zero-order chi connectivity index (χ0) is 48.7. The standard InChI is InChI=1S/C44H42N8O13S3/c1-5-50-18-19-51(37(58)36(50)57)41(61)46-32(28-16-17-30(63-24(2)54)31(20-28)64-25(3)55)35(56)47-44(45-23-53)39(60)52-33(29(21-66-40(44)52)22-67-43-49-48-42(62-4)68-43)38(59)65-34(26-12-8-6-9-13-26)27-14-10-7-11-15-27/h6-17,20,23,32,34,40H,5,18-19,21-22H2,1-4H3,(H,45,53)(H,46,61)(H,47,56)/t32?,40-,44-/m1/s1. The summed E-state index contributed by atoms with van der Waals surface area (Å²) < 4.78 is 22.4. The van der Waals surface area contributed by atoms with E-state index >= 15 is 0 Å². The molecule has 7 amide bonds. The molecule has 3 N–H and O–H groups in total. The number of aromatic nitrogens is 2. The molecule has 1 aromatic heterocycles. The molecule has 3 atom stereocenters. The van der Waals surface area contributed by atoms with Gasteiger partial charge in [0.1, 0.15) is 17.1 Å². The maximum Gasteiger partial charge on any atom is 0.356 e. The SMILES string of the molecule is CCN1CCN(C(=O)NC(C(=O)N[C@]2(NC=O)C(=O)N3C(C(=O)OC(c4ccccc4)c4ccccc4)=C(CSc4nnc(OC)s4)CS[C@@H]32)c2ccc(OC(C)=O)c(OC(C)=O)c2)C(=O)C1=O. The van der Waals surface area contributed by atoms with Crippen LogP contribution in [0.25, 0.3) is 0 Å². The number of benzene rings is 3. The number of β-lactam (4-membered cyclic amide) rings is 1. The van der Waals surface area contributed by atoms with Crippen molar-refractivity contribution in [2.75, 3.05) is 38.2 Å². The first-order valence-corrected chi connectivity index (χ1v) is 23.5. The molecule has 0 aliphatic carbocycles. The van der Waals surface area contributed by atoms with Crippen LogP contribution in [0.1, 0.15) is 49.6 Å². The number of rotatable bonds is 17. The number of nitrogens with zero attached hydrogens (tertiary/aromatic N) is 5. The second-order valence-electron chi connectivity index (χ2n) is 14.9. The Bertz CT molecular complexity index is 2650. The van der Waals surface area contributed by atoms with Gasteiger partial charge in [-0.3, -0.25) is 43.4 Å². The highest BCUT2D eigenvalue weighted by molar-refractivity contribution is 8.01. The minimum absolute atomic E-state index is 0.000211. The zero-order valence-electron chi connectivity index (χ0n) is 36.6. The van der Waals surface area contributed by atoms with Crippen LogP contribution in [0.3, 0.4) is 0 Å². The Morgan fingerprint density at radius 3 is 2.15 bits per heavy atom. The van der Waals surface area contributed by atoms with Crippen LogP contribution in [0.5, 0.6) is 16.7 Å². The Balaban J connectivity index is 1.25. The number of hydrogen-bond acceptors (Lipinski definition) is 18. The molecule has 4 aromatic rings. The Morgan fingerprint density at radius 1 is 0.882 bits per heavy atom. The lowest BCUT2D eigenvalue weighted by atomic mass is 9.94. The Morgan fingerprint density at radius 2 is 1.54 bits per heavy atom. The summed E-state index contributed by atoms with van der Waals surface area (Å²) in [6, 6.07) is 18.4. The first-order valence-electron chi connectivity index (χ1n) is 20.6. The number of ether oxygens (including phenoxy) is 4. The highest BCUT2D eigenvalue weighted by Crippen LogP contribution is 2.47. The van der Waals surface area contributed by atoms with E-state index < -0.39 is 70.8 Å². The molecule has 2 fully saturated rings. The minimum Gasteiger partial charge on any atom is -0.472 e. The van der Waals surface area contributed by atoms with E-state index in [0.29, 0.717) is 31.1 Å². The van der Waals surface area contributed by atoms with Gasteiger partial charge in [-0.1, -0.05) is 83.6 Å². The number of amides is 7. The number of nitrogens with one attached hydrogen (secondary N) is 3. The average molecular weight is 987 g/mol. The van der Waals surface area contributed by atoms with E-state index in [1.807, 2.05) is 12.1 Å². The van der Waals surface area contributed by atoms with Crippen molar-refractivity contribution in [2.24, 2.45) is 0 Å². The molecular formula is C44H42N8O13S3. The summed E-state index contributed by atoms with van der Waals surface area (Å²) in [7, 11) is 1.45. The van der Waals surface area contributed by atoms with Gasteiger partial charge < -0.3 is 39.8 Å². The molecule has 1 unspecified atom stereocenters. The molecule has 21 nitrogen and oxygen atoms in total. The van der Waals surface area contributed by atoms with Gasteiger partial charge >= 0.3 is 35.8 Å². The topological polar surface area (TPSA) is 262 Å². The number of esters is 3. The molecule has 7 rings (SSSR count). The number of imide groups is 1. The normalized spacial score (nSPS) is 18.2. The first kappa shape index (κ1) is 48.6. The summed E-state index contributed by atoms with van der Waals surface area (Å²) in [6.07, 6.45) is -0.744. The number of piperazine rings is 1. The predicted molar refractivity (Wildman–Crippen MR) is 242 cm³/mol. The van der Waals surface area contributed by atoms with Gasteiger partial charge in [0.05, 0.1) is 7.11 Å². The van der Waals surface area contributed by atoms with Crippen LogP contribution in [0.15, 0.2) is 94.5 Å². The molecule has 24 heteroatoms. The van der Waals surface area contributed by atoms with E-state index in [1.54, 1.807) is 55.5 Å². The van der Waals surface area contributed by atoms with Crippen LogP contribution in [0.2, 0.25) is 0 Å². The molecule has 2 saturated heterocycles. The van der Waals surface area contributed by atoms with Crippen molar-refractivity contribution < 1.29 is 62.1 Å². The summed E-state index contributed by atoms with van der Waals surface area (Å²) in [5.41, 5.74) is -0.822. The van der Waals surface area contributed by atoms with Crippen LogP contribution in [0, 0.1) is 0 Å². The van der Waals surface area contributed by atoms with Gasteiger partial charge in [-0.25, -0.2) is 9.59 Å². The number of fused-ring (bicyclic) bond motifs is 1. The minimum atomic E-state index is -2.27. The van der Waals surface area contributed by atoms with Crippen LogP contribution < -0.4 is 30.2 Å². The lowest BCUT2D eigenvalue weighted by Gasteiger charge is -2.56. The maximum absolute atomic E-state index is 14.8. The molecule has 354 valence electrons. The quantitative estimate of drug-likeness (QED) is 0.0261. The van der Waals surface area contributed by atoms with Crippen molar-refractivity contribution in [1.82, 2.24) is 40.8 Å². The van der Waals surface area contributed by atoms with Gasteiger partial charge in [0.2, 0.25) is 18.0 Å². The van der Waals surface area contributed by atoms with E-state index in [1.165, 1.54) is 47.2 Å². The fourth-order valence-electron chi connectivity index (χ4n) is 7.45. The third kappa shape index (κ3) is 10.2. The van der Waals surface area contributed by atoms with Crippen molar-refractivity contribution >= 4 is 88.8 Å². The van der Waals surface area contributed by atoms with Gasteiger partial charge in [-0.05, 0) is 52.7 Å². The highest BCUT2D eigenvalue weighted by Gasteiger charge is 2.66. The Hall–Kier alpha value is -7.31. The van der Waals surface area contributed by atoms with E-state index in [9.17, 15) is 43.2 Å². The number of hydrogen-bond donors (Lipinski definition) is 3. The number of urea groups is 1. The molecule has 3 aromatic carbocycles. The number of carbonyl (C=O) groups excluding carboxylic acids is 9. The lowest BCUT2D eigenvalue weighted by Crippen LogP contribution is -2.85. The second kappa shape index (κ2) is 21.1. The van der Waals surface area contributed by atoms with Crippen molar-refractivity contribution in [1.29, 1.82) is 0 Å². The zero-order valence-corrected chi connectivity index (χ0v) is 39.1. The van der Waals surface area contributed by atoms with E-state index in [2.05, 4.69) is 26.1 Å². The van der Waals surface area contributed by atoms with Crippen LogP contribution in [-0.2, 0) is 43.1 Å². The smallest absolute Gasteiger partial charge is 0.356 e. The van der Waals surface area contributed by atoms with Crippen molar-refractivity contribution in [3.8, 4) is 16.7 Å². The van der Waals surface area contributed by atoms with Crippen molar-refractivity contribution in [3.05, 3.63) is 107 Å². The fourth-order valence-corrected chi connectivity index (χ4v) is 10.7. The fraction of sp³-hybridized carbons (Fsp3) is 0.295. The van der Waals surface area contributed by atoms with E-state index in [4.69, 9.17) is 18.9 Å². The molecule has 3 aliphatic rings. The number of methoxy groups -OCH3 is 1. The van der Waals surface area contributed by atoms with Crippen LogP contribution in [-0.4, -0.2) is 128 Å². The molecule has 0 radical (unpaired) electrons. The largest absolute Gasteiger partial charge is 0.472 e. The third-order valence-corrected chi connectivity index (χ3v) is 14.1. The molecule has 4 heterocycles. The molecule has 0 saturated carbocycles. The summed E-state index contributed by atoms with van der Waals surface area (Å²) >= 11 is 3.50. The lowest BCUT2D eigenvalue weighted by molar-refractivity contribution is -0.164. The van der Waals surface area contributed by atoms with Crippen LogP contribution in [0.4, 0.5) is 4.79 Å². The Kier molecular flexibility index (Phi) is 15.1. The van der Waals surface area contributed by atoms with E-state index in [-0.39, 0.29) is 60.3 Å². The summed E-state index contributed by atoms with van der Waals surface area (Å²) in [4.78, 5) is 124. The second-order valence-corrected chi connectivity index (χ2v) is 18.1. The van der Waals surface area contributed by atoms with Gasteiger partial charge in [0.25, 0.3) is 11.1 Å². The summed E-state index contributed by atoms with van der Waals surface area (Å²) in [6.45, 7) is 3.79. The van der Waals surface area contributed by atoms with Crippen LogP contribution >= 0.6 is 34.9 Å². The van der Waals surface area contributed by atoms with E-state index in [0.717, 1.165) is 36.6 Å². The van der Waals surface area contributed by atoms with Gasteiger partial charge in [-0.15, -0.1) is 16.9 Å². The number of likely N-dealkylation sites (N-methyl/N-ethyl adjacent to an activating group) is 1. The molecule has 3 aliphatic heterocycles. The average Bonchev–Trinajstić information content (AvgIpc) is 3.81. The highest BCUT2D eigenvalue weighted by atomic mass is 32.2. The number of thioether (sulfide) groups is 2. The summed E-state index contributed by atoms with van der Waals surface area (Å²) in [5.74, 6) is -7.12. The van der Waals surface area contributed by atoms with Gasteiger partial charge in [0.15, 0.2) is 21.9 Å². The van der Waals surface area contributed by atoms with Gasteiger partial charge in [0, 0.05) is 45.0 Å². The van der Waals surface area contributed by atoms with Crippen molar-refractivity contribution in [3.63, 3.8) is 0 Å². The monoisotopic (exact) mass is 986 g/mol. The first-order chi connectivity index (χ1) is 32.7. The van der Waals surface area contributed by atoms with Crippen molar-refractivity contribution in [2.45, 2.75) is 48.3 Å².